The zero-order valence-corrected chi connectivity index (χ0v) is 13.5. The van der Waals surface area contributed by atoms with E-state index in [1.165, 1.54) is 11.1 Å². The molecule has 0 fully saturated rings. The van der Waals surface area contributed by atoms with Gasteiger partial charge in [0.1, 0.15) is 18.5 Å². The molecule has 0 heterocycles. The Hall–Kier alpha value is -1.06. The summed E-state index contributed by atoms with van der Waals surface area (Å²) in [6, 6.07) is 6.10. The molecule has 0 aliphatic carbocycles. The third kappa shape index (κ3) is 6.40. The maximum atomic E-state index is 9.93. The van der Waals surface area contributed by atoms with Crippen LogP contribution >= 0.6 is 0 Å². The molecule has 0 saturated carbocycles. The highest BCUT2D eigenvalue weighted by Crippen LogP contribution is 2.18. The number of hydrogen-bond acceptors (Lipinski definition) is 3. The summed E-state index contributed by atoms with van der Waals surface area (Å²) in [5, 5.41) is 13.2. The minimum Gasteiger partial charge on any atom is -0.491 e. The summed E-state index contributed by atoms with van der Waals surface area (Å²) in [5.74, 6) is 0.829. The lowest BCUT2D eigenvalue weighted by molar-refractivity contribution is 0.103. The fourth-order valence-electron chi connectivity index (χ4n) is 1.97. The van der Waals surface area contributed by atoms with E-state index < -0.39 is 6.10 Å². The Morgan fingerprint density at radius 1 is 1.20 bits per heavy atom. The molecule has 0 bridgehead atoms. The van der Waals surface area contributed by atoms with Crippen LogP contribution in [0.3, 0.4) is 0 Å². The van der Waals surface area contributed by atoms with E-state index >= 15 is 0 Å². The molecule has 1 unspecified atom stereocenters. The van der Waals surface area contributed by atoms with Crippen molar-refractivity contribution in [1.29, 1.82) is 0 Å². The van der Waals surface area contributed by atoms with E-state index in [1.807, 2.05) is 26.0 Å². The molecule has 0 saturated heterocycles. The number of hydrogen-bond donors (Lipinski definition) is 2. The number of aliphatic hydroxyl groups is 1. The van der Waals surface area contributed by atoms with Crippen LogP contribution in [0.4, 0.5) is 0 Å². The summed E-state index contributed by atoms with van der Waals surface area (Å²) in [5.41, 5.74) is 2.63. The predicted octanol–water partition coefficient (Wildman–Crippen LogP) is 3.07. The largest absolute Gasteiger partial charge is 0.491 e. The summed E-state index contributed by atoms with van der Waals surface area (Å²) in [4.78, 5) is 0. The normalized spacial score (nSPS) is 13.3. The standard InChI is InChI=1S/C17H29NO2/c1-6-17(4,5)12-18-10-15(19)11-20-16-8-13(2)7-14(3)9-16/h7-9,15,18-19H,6,10-12H2,1-5H3. The van der Waals surface area contributed by atoms with Crippen LogP contribution in [-0.2, 0) is 0 Å². The first kappa shape index (κ1) is 17.0. The maximum absolute atomic E-state index is 9.93. The van der Waals surface area contributed by atoms with Crippen molar-refractivity contribution in [2.24, 2.45) is 5.41 Å². The summed E-state index contributed by atoms with van der Waals surface area (Å²) < 4.78 is 5.65. The van der Waals surface area contributed by atoms with Crippen LogP contribution in [0.1, 0.15) is 38.3 Å². The minimum atomic E-state index is -0.483. The Balaban J connectivity index is 2.31. The smallest absolute Gasteiger partial charge is 0.119 e. The lowest BCUT2D eigenvalue weighted by atomic mass is 9.90. The van der Waals surface area contributed by atoms with Crippen molar-refractivity contribution in [3.8, 4) is 5.75 Å². The lowest BCUT2D eigenvalue weighted by Crippen LogP contribution is -2.36. The van der Waals surface area contributed by atoms with Gasteiger partial charge >= 0.3 is 0 Å². The second-order valence-corrected chi connectivity index (χ2v) is 6.44. The van der Waals surface area contributed by atoms with Gasteiger partial charge in [-0.25, -0.2) is 0 Å². The van der Waals surface area contributed by atoms with Gasteiger partial charge in [-0.1, -0.05) is 26.8 Å². The quantitative estimate of drug-likeness (QED) is 0.768. The first-order valence-corrected chi connectivity index (χ1v) is 7.42. The van der Waals surface area contributed by atoms with Gasteiger partial charge in [0.25, 0.3) is 0 Å². The molecule has 0 aromatic heterocycles. The summed E-state index contributed by atoms with van der Waals surface area (Å²) >= 11 is 0. The Morgan fingerprint density at radius 2 is 1.80 bits per heavy atom. The molecule has 114 valence electrons. The highest BCUT2D eigenvalue weighted by atomic mass is 16.5. The fourth-order valence-corrected chi connectivity index (χ4v) is 1.97. The fraction of sp³-hybridized carbons (Fsp3) is 0.647. The number of benzene rings is 1. The Morgan fingerprint density at radius 3 is 2.35 bits per heavy atom. The number of nitrogens with one attached hydrogen (secondary N) is 1. The highest BCUT2D eigenvalue weighted by Gasteiger charge is 2.15. The molecule has 0 spiro atoms. The van der Waals surface area contributed by atoms with Crippen LogP contribution < -0.4 is 10.1 Å². The molecule has 3 nitrogen and oxygen atoms in total. The van der Waals surface area contributed by atoms with Crippen molar-refractivity contribution >= 4 is 0 Å². The van der Waals surface area contributed by atoms with Gasteiger partial charge in [-0.2, -0.15) is 0 Å². The summed E-state index contributed by atoms with van der Waals surface area (Å²) in [6.45, 7) is 12.5. The first-order valence-electron chi connectivity index (χ1n) is 7.42. The Labute approximate surface area is 123 Å². The van der Waals surface area contributed by atoms with Gasteiger partial charge in [-0.15, -0.1) is 0 Å². The zero-order valence-electron chi connectivity index (χ0n) is 13.5. The average Bonchev–Trinajstić information content (AvgIpc) is 2.35. The summed E-state index contributed by atoms with van der Waals surface area (Å²) in [7, 11) is 0. The summed E-state index contributed by atoms with van der Waals surface area (Å²) in [6.07, 6.45) is 0.637. The minimum absolute atomic E-state index is 0.272. The third-order valence-corrected chi connectivity index (χ3v) is 3.58. The van der Waals surface area contributed by atoms with Gasteiger partial charge in [0.2, 0.25) is 0 Å². The van der Waals surface area contributed by atoms with Crippen LogP contribution in [0, 0.1) is 19.3 Å². The van der Waals surface area contributed by atoms with E-state index in [1.54, 1.807) is 0 Å². The molecular formula is C17H29NO2. The average molecular weight is 279 g/mol. The SMILES string of the molecule is CCC(C)(C)CNCC(O)COc1cc(C)cc(C)c1. The van der Waals surface area contributed by atoms with Crippen molar-refractivity contribution in [3.05, 3.63) is 29.3 Å². The van der Waals surface area contributed by atoms with Crippen molar-refractivity contribution in [3.63, 3.8) is 0 Å². The number of aryl methyl sites for hydroxylation is 2. The van der Waals surface area contributed by atoms with Gasteiger partial charge in [-0.3, -0.25) is 0 Å². The Kier molecular flexibility index (Phi) is 6.50. The number of aliphatic hydroxyl groups excluding tert-OH is 1. The highest BCUT2D eigenvalue weighted by molar-refractivity contribution is 5.32. The third-order valence-electron chi connectivity index (χ3n) is 3.58. The van der Waals surface area contributed by atoms with Crippen LogP contribution in [0.25, 0.3) is 0 Å². The van der Waals surface area contributed by atoms with Crippen molar-refractivity contribution < 1.29 is 9.84 Å². The number of rotatable bonds is 8. The maximum Gasteiger partial charge on any atom is 0.119 e. The molecule has 0 amide bonds. The molecule has 0 radical (unpaired) electrons. The molecule has 1 atom stereocenters. The molecule has 0 aliphatic heterocycles. The second-order valence-electron chi connectivity index (χ2n) is 6.44. The van der Waals surface area contributed by atoms with Crippen molar-refractivity contribution in [1.82, 2.24) is 5.32 Å². The molecule has 1 aromatic rings. The molecule has 20 heavy (non-hydrogen) atoms. The molecule has 2 N–H and O–H groups in total. The Bertz CT molecular complexity index is 395. The van der Waals surface area contributed by atoms with Crippen LogP contribution in [0.2, 0.25) is 0 Å². The molecule has 3 heteroatoms. The van der Waals surface area contributed by atoms with E-state index in [0.717, 1.165) is 18.7 Å². The number of ether oxygens (including phenoxy) is 1. The van der Waals surface area contributed by atoms with E-state index in [4.69, 9.17) is 4.74 Å². The topological polar surface area (TPSA) is 41.5 Å². The molecule has 1 rings (SSSR count). The van der Waals surface area contributed by atoms with E-state index in [9.17, 15) is 5.11 Å². The van der Waals surface area contributed by atoms with Crippen molar-refractivity contribution in [2.75, 3.05) is 19.7 Å². The predicted molar refractivity (Wildman–Crippen MR) is 84.4 cm³/mol. The molecule has 1 aromatic carbocycles. The van der Waals surface area contributed by atoms with Crippen LogP contribution in [-0.4, -0.2) is 30.9 Å². The molecule has 0 aliphatic rings. The monoisotopic (exact) mass is 279 g/mol. The molecular weight excluding hydrogens is 250 g/mol. The zero-order chi connectivity index (χ0) is 15.2. The van der Waals surface area contributed by atoms with Gasteiger partial charge < -0.3 is 15.2 Å². The van der Waals surface area contributed by atoms with Gasteiger partial charge in [0.15, 0.2) is 0 Å². The second kappa shape index (κ2) is 7.65. The van der Waals surface area contributed by atoms with Gasteiger partial charge in [-0.05, 0) is 48.9 Å². The van der Waals surface area contributed by atoms with E-state index in [-0.39, 0.29) is 5.41 Å². The lowest BCUT2D eigenvalue weighted by Gasteiger charge is -2.24. The van der Waals surface area contributed by atoms with Crippen LogP contribution in [0.15, 0.2) is 18.2 Å². The van der Waals surface area contributed by atoms with Crippen LogP contribution in [0.5, 0.6) is 5.75 Å². The van der Waals surface area contributed by atoms with E-state index in [0.29, 0.717) is 13.2 Å². The first-order chi connectivity index (χ1) is 9.32. The van der Waals surface area contributed by atoms with E-state index in [2.05, 4.69) is 32.2 Å². The van der Waals surface area contributed by atoms with Gasteiger partial charge in [0, 0.05) is 13.1 Å². The van der Waals surface area contributed by atoms with Gasteiger partial charge in [0.05, 0.1) is 0 Å². The van der Waals surface area contributed by atoms with Crippen molar-refractivity contribution in [2.45, 2.75) is 47.1 Å².